The number of benzene rings is 1. The van der Waals surface area contributed by atoms with Gasteiger partial charge in [0.1, 0.15) is 0 Å². The first-order valence-electron chi connectivity index (χ1n) is 7.08. The third kappa shape index (κ3) is 1.84. The van der Waals surface area contributed by atoms with Crippen molar-refractivity contribution in [1.29, 1.82) is 0 Å². The van der Waals surface area contributed by atoms with E-state index in [2.05, 4.69) is 0 Å². The maximum absolute atomic E-state index is 13.0. The van der Waals surface area contributed by atoms with Crippen LogP contribution >= 0.6 is 0 Å². The number of nitrogen functional groups attached to an aromatic ring is 1. The van der Waals surface area contributed by atoms with E-state index in [9.17, 15) is 23.4 Å². The van der Waals surface area contributed by atoms with Gasteiger partial charge in [0, 0.05) is 5.69 Å². The van der Waals surface area contributed by atoms with E-state index in [0.717, 1.165) is 16.7 Å². The smallest absolute Gasteiger partial charge is 0.418 e. The Labute approximate surface area is 128 Å². The number of halogens is 3. The molecule has 4 rings (SSSR count). The van der Waals surface area contributed by atoms with Crippen molar-refractivity contribution in [3.05, 3.63) is 34.9 Å². The minimum Gasteiger partial charge on any atom is -0.494 e. The molecular formula is C15H13F3N2O3. The second kappa shape index (κ2) is 4.35. The molecule has 23 heavy (non-hydrogen) atoms. The van der Waals surface area contributed by atoms with Gasteiger partial charge >= 0.3 is 6.18 Å². The topological polar surface area (TPSA) is 80.6 Å². The second-order valence-electron chi connectivity index (χ2n) is 5.77. The predicted octanol–water partition coefficient (Wildman–Crippen LogP) is 3.40. The van der Waals surface area contributed by atoms with E-state index in [1.54, 1.807) is 0 Å². The van der Waals surface area contributed by atoms with Gasteiger partial charge in [0.15, 0.2) is 0 Å². The van der Waals surface area contributed by atoms with Gasteiger partial charge in [-0.1, -0.05) is 0 Å². The SMILES string of the molecule is Nc1ccc(-n2c(O)c3c(c2O)[C@H]2CC[C@@H]3O2)cc1C(F)(F)F. The molecule has 0 unspecified atom stereocenters. The molecular weight excluding hydrogens is 313 g/mol. The summed E-state index contributed by atoms with van der Waals surface area (Å²) in [5.41, 5.74) is 4.88. The minimum atomic E-state index is -4.62. The predicted molar refractivity (Wildman–Crippen MR) is 74.3 cm³/mol. The van der Waals surface area contributed by atoms with Crippen molar-refractivity contribution in [3.8, 4) is 17.4 Å². The van der Waals surface area contributed by atoms with Crippen LogP contribution in [0.5, 0.6) is 11.8 Å². The van der Waals surface area contributed by atoms with Crippen LogP contribution in [0.1, 0.15) is 41.7 Å². The number of aromatic nitrogens is 1. The molecule has 2 atom stereocenters. The third-order valence-corrected chi connectivity index (χ3v) is 4.46. The van der Waals surface area contributed by atoms with Crippen molar-refractivity contribution in [2.24, 2.45) is 0 Å². The molecule has 1 fully saturated rings. The molecule has 2 bridgehead atoms. The number of nitrogens with zero attached hydrogens (tertiary/aromatic N) is 1. The first-order chi connectivity index (χ1) is 10.8. The van der Waals surface area contributed by atoms with Gasteiger partial charge in [-0.05, 0) is 31.0 Å². The van der Waals surface area contributed by atoms with Crippen LogP contribution in [0.2, 0.25) is 0 Å². The molecule has 0 spiro atoms. The second-order valence-corrected chi connectivity index (χ2v) is 5.77. The van der Waals surface area contributed by atoms with E-state index < -0.39 is 17.4 Å². The maximum atomic E-state index is 13.0. The molecule has 0 amide bonds. The van der Waals surface area contributed by atoms with Crippen molar-refractivity contribution in [3.63, 3.8) is 0 Å². The summed E-state index contributed by atoms with van der Waals surface area (Å²) in [5, 5.41) is 20.8. The fourth-order valence-corrected chi connectivity index (χ4v) is 3.45. The number of ether oxygens (including phenoxy) is 1. The summed E-state index contributed by atoms with van der Waals surface area (Å²) in [5.74, 6) is -0.579. The van der Waals surface area contributed by atoms with Crippen molar-refractivity contribution in [2.75, 3.05) is 5.73 Å². The zero-order valence-corrected chi connectivity index (χ0v) is 11.8. The average molecular weight is 326 g/mol. The zero-order chi connectivity index (χ0) is 16.5. The lowest BCUT2D eigenvalue weighted by Crippen LogP contribution is -2.10. The Morgan fingerprint density at radius 1 is 1.09 bits per heavy atom. The number of fused-ring (bicyclic) bond motifs is 5. The molecule has 0 saturated carbocycles. The van der Waals surface area contributed by atoms with Crippen LogP contribution < -0.4 is 5.73 Å². The van der Waals surface area contributed by atoms with Crippen LogP contribution in [-0.2, 0) is 10.9 Å². The Balaban J connectivity index is 1.91. The number of nitrogens with two attached hydrogens (primary N) is 1. The van der Waals surface area contributed by atoms with Gasteiger partial charge in [0.2, 0.25) is 11.8 Å². The number of hydrogen-bond acceptors (Lipinski definition) is 4. The molecule has 2 aliphatic heterocycles. The highest BCUT2D eigenvalue weighted by molar-refractivity contribution is 5.60. The number of aromatic hydroxyl groups is 2. The van der Waals surface area contributed by atoms with Gasteiger partial charge in [-0.3, -0.25) is 4.57 Å². The molecule has 122 valence electrons. The first-order valence-corrected chi connectivity index (χ1v) is 7.08. The van der Waals surface area contributed by atoms with E-state index >= 15 is 0 Å². The maximum Gasteiger partial charge on any atom is 0.418 e. The van der Waals surface area contributed by atoms with Crippen LogP contribution in [0.15, 0.2) is 18.2 Å². The van der Waals surface area contributed by atoms with Crippen LogP contribution in [0.25, 0.3) is 5.69 Å². The number of anilines is 1. The molecule has 2 aromatic rings. The van der Waals surface area contributed by atoms with E-state index in [1.165, 1.54) is 6.07 Å². The highest BCUT2D eigenvalue weighted by atomic mass is 19.4. The highest BCUT2D eigenvalue weighted by Crippen LogP contribution is 2.58. The summed E-state index contributed by atoms with van der Waals surface area (Å²) in [6.45, 7) is 0. The fourth-order valence-electron chi connectivity index (χ4n) is 3.45. The van der Waals surface area contributed by atoms with Gasteiger partial charge in [-0.25, -0.2) is 0 Å². The largest absolute Gasteiger partial charge is 0.494 e. The third-order valence-electron chi connectivity index (χ3n) is 4.46. The number of rotatable bonds is 1. The number of hydrogen-bond donors (Lipinski definition) is 3. The van der Waals surface area contributed by atoms with Crippen LogP contribution in [0.3, 0.4) is 0 Å². The van der Waals surface area contributed by atoms with Crippen molar-refractivity contribution < 1.29 is 28.1 Å². The van der Waals surface area contributed by atoms with Gasteiger partial charge in [-0.15, -0.1) is 0 Å². The first kappa shape index (κ1) is 14.3. The van der Waals surface area contributed by atoms with Crippen molar-refractivity contribution in [1.82, 2.24) is 4.57 Å². The Kier molecular flexibility index (Phi) is 2.69. The summed E-state index contributed by atoms with van der Waals surface area (Å²) < 4.78 is 45.6. The van der Waals surface area contributed by atoms with Gasteiger partial charge < -0.3 is 20.7 Å². The standard InChI is InChI=1S/C15H13F3N2O3/c16-15(17,18)7-5-6(1-2-8(7)19)20-13(21)11-9-3-4-10(23-9)12(11)14(20)22/h1-2,5,9-10,21-22H,3-4,19H2/t9-,10+. The summed E-state index contributed by atoms with van der Waals surface area (Å²) in [4.78, 5) is 0. The van der Waals surface area contributed by atoms with Crippen LogP contribution in [0.4, 0.5) is 18.9 Å². The Morgan fingerprint density at radius 2 is 1.65 bits per heavy atom. The normalized spacial score (nSPS) is 22.6. The Hall–Kier alpha value is -2.35. The van der Waals surface area contributed by atoms with Gasteiger partial charge in [-0.2, -0.15) is 13.2 Å². The fraction of sp³-hybridized carbons (Fsp3) is 0.333. The monoisotopic (exact) mass is 326 g/mol. The quantitative estimate of drug-likeness (QED) is 0.702. The Bertz CT molecular complexity index is 780. The molecule has 3 heterocycles. The molecule has 8 heteroatoms. The summed E-state index contributed by atoms with van der Waals surface area (Å²) in [6, 6.07) is 3.24. The molecule has 4 N–H and O–H groups in total. The van der Waals surface area contributed by atoms with E-state index in [0.29, 0.717) is 24.0 Å². The molecule has 0 radical (unpaired) electrons. The lowest BCUT2D eigenvalue weighted by molar-refractivity contribution is -0.136. The van der Waals surface area contributed by atoms with Crippen molar-refractivity contribution >= 4 is 5.69 Å². The molecule has 0 aliphatic carbocycles. The van der Waals surface area contributed by atoms with E-state index in [1.807, 2.05) is 0 Å². The molecule has 1 aromatic heterocycles. The van der Waals surface area contributed by atoms with Crippen LogP contribution in [-0.4, -0.2) is 14.8 Å². The van der Waals surface area contributed by atoms with E-state index in [-0.39, 0.29) is 29.7 Å². The summed E-state index contributed by atoms with van der Waals surface area (Å²) in [6.07, 6.45) is -3.84. The average Bonchev–Trinajstić information content (AvgIpc) is 3.13. The van der Waals surface area contributed by atoms with Gasteiger partial charge in [0.05, 0.1) is 34.6 Å². The van der Waals surface area contributed by atoms with Gasteiger partial charge in [0.25, 0.3) is 0 Å². The molecule has 2 aliphatic rings. The zero-order valence-electron chi connectivity index (χ0n) is 11.8. The Morgan fingerprint density at radius 3 is 2.17 bits per heavy atom. The van der Waals surface area contributed by atoms with Crippen molar-refractivity contribution in [2.45, 2.75) is 31.2 Å². The summed E-state index contributed by atoms with van der Waals surface area (Å²) >= 11 is 0. The molecule has 5 nitrogen and oxygen atoms in total. The van der Waals surface area contributed by atoms with E-state index in [4.69, 9.17) is 10.5 Å². The molecule has 1 aromatic carbocycles. The number of alkyl halides is 3. The van der Waals surface area contributed by atoms with Crippen LogP contribution in [0, 0.1) is 0 Å². The highest BCUT2D eigenvalue weighted by Gasteiger charge is 2.45. The summed E-state index contributed by atoms with van der Waals surface area (Å²) in [7, 11) is 0. The molecule has 1 saturated heterocycles. The lowest BCUT2D eigenvalue weighted by Gasteiger charge is -2.14. The lowest BCUT2D eigenvalue weighted by atomic mass is 9.95. The minimum absolute atomic E-state index is 0.00433.